The van der Waals surface area contributed by atoms with E-state index in [4.69, 9.17) is 23.7 Å². The molecule has 0 aliphatic carbocycles. The molecule has 15 nitrogen and oxygen atoms in total. The van der Waals surface area contributed by atoms with Gasteiger partial charge in [-0.05, 0) is 55.0 Å². The van der Waals surface area contributed by atoms with Gasteiger partial charge in [-0.2, -0.15) is 15.0 Å². The largest absolute Gasteiger partial charge is 0.508 e. The summed E-state index contributed by atoms with van der Waals surface area (Å²) in [5, 5.41) is 21.9. The van der Waals surface area contributed by atoms with Crippen LogP contribution in [-0.4, -0.2) is 111 Å². The van der Waals surface area contributed by atoms with Crippen LogP contribution in [0.15, 0.2) is 78.9 Å². The summed E-state index contributed by atoms with van der Waals surface area (Å²) in [6, 6.07) is 22.6. The zero-order valence-electron chi connectivity index (χ0n) is 29.3. The van der Waals surface area contributed by atoms with Gasteiger partial charge in [-0.1, -0.05) is 30.3 Å². The van der Waals surface area contributed by atoms with Gasteiger partial charge in [0.05, 0.1) is 52.9 Å². The maximum Gasteiger partial charge on any atom is 0.251 e. The molecule has 0 bridgehead atoms. The number of aromatic hydroxyl groups is 1. The van der Waals surface area contributed by atoms with E-state index in [9.17, 15) is 14.7 Å². The molecule has 3 aromatic carbocycles. The summed E-state index contributed by atoms with van der Waals surface area (Å²) < 4.78 is 27.0. The van der Waals surface area contributed by atoms with Gasteiger partial charge in [-0.15, -0.1) is 0 Å². The fraction of sp³-hybridized carbons (Fsp3) is 0.378. The minimum absolute atomic E-state index is 0.109. The second-order valence-corrected chi connectivity index (χ2v) is 11.2. The Kier molecular flexibility index (Phi) is 17.8. The first-order chi connectivity index (χ1) is 25.5. The lowest BCUT2D eigenvalue weighted by atomic mass is 10.1. The molecule has 4 aromatic rings. The van der Waals surface area contributed by atoms with E-state index in [-0.39, 0.29) is 29.3 Å². The molecule has 52 heavy (non-hydrogen) atoms. The first kappa shape index (κ1) is 39.6. The van der Waals surface area contributed by atoms with Gasteiger partial charge in [0.2, 0.25) is 17.8 Å². The number of Topliss-reactive ketones (excluding diaryl/α,β-unsaturated/α-hetero) is 1. The first-order valence-electron chi connectivity index (χ1n) is 17.1. The summed E-state index contributed by atoms with van der Waals surface area (Å²) in [4.78, 5) is 38.2. The Hall–Kier alpha value is -5.19. The highest BCUT2D eigenvalue weighted by Gasteiger charge is 2.10. The summed E-state index contributed by atoms with van der Waals surface area (Å²) in [6.07, 6.45) is 1.09. The fourth-order valence-electron chi connectivity index (χ4n) is 4.54. The number of phenolic OH excluding ortho intramolecular Hbond substituents is 1. The lowest BCUT2D eigenvalue weighted by Crippen LogP contribution is -2.27. The molecular formula is C37H47N7O8. The molecule has 0 spiro atoms. The highest BCUT2D eigenvalue weighted by molar-refractivity contribution is 5.96. The van der Waals surface area contributed by atoms with Gasteiger partial charge in [-0.3, -0.25) is 9.59 Å². The van der Waals surface area contributed by atoms with Crippen molar-refractivity contribution in [3.8, 4) is 5.75 Å². The number of nitrogens with one attached hydrogen (secondary N) is 4. The van der Waals surface area contributed by atoms with Crippen LogP contribution in [0.25, 0.3) is 0 Å². The van der Waals surface area contributed by atoms with Gasteiger partial charge < -0.3 is 50.1 Å². The van der Waals surface area contributed by atoms with Crippen molar-refractivity contribution in [2.24, 2.45) is 0 Å². The third kappa shape index (κ3) is 15.4. The standard InChI is InChI=1S/C37H47N7O8/c1-48-22-23-52-27-26-50-20-17-38-34(47)29-9-11-30(12-10-29)40-36-42-35(43-37(44-36)41-31-13-15-32(45)16-14-31)39-18-21-51-25-24-49-19-5-8-33(46)28-6-3-2-4-7-28/h2-4,6-7,9-16,45H,5,8,17-27H2,1H3,(H,38,47)(H3,39,40,41,42,43,44). The molecule has 0 atom stereocenters. The predicted molar refractivity (Wildman–Crippen MR) is 197 cm³/mol. The number of carbonyl (C=O) groups is 2. The Balaban J connectivity index is 1.20. The van der Waals surface area contributed by atoms with Gasteiger partial charge in [0.1, 0.15) is 5.75 Å². The number of benzene rings is 3. The van der Waals surface area contributed by atoms with Crippen LogP contribution < -0.4 is 21.3 Å². The summed E-state index contributed by atoms with van der Waals surface area (Å²) in [5.41, 5.74) is 2.54. The smallest absolute Gasteiger partial charge is 0.251 e. The highest BCUT2D eigenvalue weighted by Crippen LogP contribution is 2.21. The van der Waals surface area contributed by atoms with Crippen LogP contribution in [0.1, 0.15) is 33.6 Å². The normalized spacial score (nSPS) is 10.9. The van der Waals surface area contributed by atoms with Gasteiger partial charge >= 0.3 is 0 Å². The van der Waals surface area contributed by atoms with E-state index in [0.29, 0.717) is 114 Å². The molecular weight excluding hydrogens is 670 g/mol. The number of methoxy groups -OCH3 is 1. The maximum atomic E-state index is 12.6. The number of hydrogen-bond donors (Lipinski definition) is 5. The number of carbonyl (C=O) groups excluding carboxylic acids is 2. The lowest BCUT2D eigenvalue weighted by Gasteiger charge is -2.12. The molecule has 1 aromatic heterocycles. The molecule has 5 N–H and O–H groups in total. The Bertz CT molecular complexity index is 1610. The quantitative estimate of drug-likeness (QED) is 0.0345. The van der Waals surface area contributed by atoms with Crippen molar-refractivity contribution < 1.29 is 38.4 Å². The van der Waals surface area contributed by atoms with E-state index in [1.165, 1.54) is 0 Å². The van der Waals surface area contributed by atoms with Crippen molar-refractivity contribution in [1.82, 2.24) is 20.3 Å². The van der Waals surface area contributed by atoms with E-state index < -0.39 is 0 Å². The minimum Gasteiger partial charge on any atom is -0.508 e. The van der Waals surface area contributed by atoms with E-state index >= 15 is 0 Å². The van der Waals surface area contributed by atoms with Crippen LogP contribution in [0.5, 0.6) is 5.75 Å². The molecule has 0 aliphatic rings. The number of rotatable bonds is 26. The molecule has 15 heteroatoms. The van der Waals surface area contributed by atoms with Crippen molar-refractivity contribution in [3.63, 3.8) is 0 Å². The summed E-state index contributed by atoms with van der Waals surface area (Å²) in [6.45, 7) is 4.79. The fourth-order valence-corrected chi connectivity index (χ4v) is 4.54. The molecule has 1 heterocycles. The number of amides is 1. The van der Waals surface area contributed by atoms with Crippen LogP contribution in [0.3, 0.4) is 0 Å². The topological polar surface area (TPSA) is 187 Å². The number of hydrogen-bond acceptors (Lipinski definition) is 14. The summed E-state index contributed by atoms with van der Waals surface area (Å²) >= 11 is 0. The van der Waals surface area contributed by atoms with Gasteiger partial charge in [-0.25, -0.2) is 0 Å². The summed E-state index contributed by atoms with van der Waals surface area (Å²) in [5.74, 6) is 0.866. The molecule has 0 fully saturated rings. The third-order valence-electron chi connectivity index (χ3n) is 7.19. The van der Waals surface area contributed by atoms with Crippen LogP contribution in [-0.2, 0) is 23.7 Å². The Labute approximate surface area is 303 Å². The molecule has 1 amide bonds. The third-order valence-corrected chi connectivity index (χ3v) is 7.19. The number of anilines is 5. The zero-order chi connectivity index (χ0) is 36.6. The van der Waals surface area contributed by atoms with Crippen molar-refractivity contribution in [2.45, 2.75) is 12.8 Å². The molecule has 0 saturated carbocycles. The Morgan fingerprint density at radius 2 is 1.13 bits per heavy atom. The predicted octanol–water partition coefficient (Wildman–Crippen LogP) is 4.58. The number of phenols is 1. The monoisotopic (exact) mass is 717 g/mol. The van der Waals surface area contributed by atoms with Crippen LogP contribution in [0.4, 0.5) is 29.2 Å². The minimum atomic E-state index is -0.220. The molecule has 0 saturated heterocycles. The second-order valence-electron chi connectivity index (χ2n) is 11.2. The average Bonchev–Trinajstić information content (AvgIpc) is 3.16. The average molecular weight is 718 g/mol. The second kappa shape index (κ2) is 23.3. The molecule has 278 valence electrons. The van der Waals surface area contributed by atoms with Gasteiger partial charge in [0.15, 0.2) is 5.78 Å². The van der Waals surface area contributed by atoms with E-state index in [2.05, 4.69) is 36.2 Å². The van der Waals surface area contributed by atoms with Gasteiger partial charge in [0.25, 0.3) is 5.91 Å². The molecule has 0 aliphatic heterocycles. The lowest BCUT2D eigenvalue weighted by molar-refractivity contribution is 0.0255. The zero-order valence-corrected chi connectivity index (χ0v) is 29.3. The number of ether oxygens (including phenoxy) is 5. The summed E-state index contributed by atoms with van der Waals surface area (Å²) in [7, 11) is 1.62. The molecule has 0 unspecified atom stereocenters. The van der Waals surface area contributed by atoms with Crippen molar-refractivity contribution in [3.05, 3.63) is 90.0 Å². The van der Waals surface area contributed by atoms with Crippen LogP contribution >= 0.6 is 0 Å². The van der Waals surface area contributed by atoms with E-state index in [1.807, 2.05) is 30.3 Å². The number of aromatic nitrogens is 3. The van der Waals surface area contributed by atoms with Crippen LogP contribution in [0.2, 0.25) is 0 Å². The highest BCUT2D eigenvalue weighted by atomic mass is 16.5. The molecule has 4 rings (SSSR count). The van der Waals surface area contributed by atoms with E-state index in [1.54, 1.807) is 55.6 Å². The van der Waals surface area contributed by atoms with Crippen LogP contribution in [0, 0.1) is 0 Å². The SMILES string of the molecule is COCCOCCOCCNC(=O)c1ccc(Nc2nc(NCCOCCOCCCC(=O)c3ccccc3)nc(Nc3ccc(O)cc3)n2)cc1. The van der Waals surface area contributed by atoms with Gasteiger partial charge in [0, 0.05) is 55.7 Å². The van der Waals surface area contributed by atoms with Crippen molar-refractivity contribution in [2.75, 3.05) is 95.6 Å². The van der Waals surface area contributed by atoms with Crippen molar-refractivity contribution >= 4 is 40.9 Å². The Morgan fingerprint density at radius 3 is 1.77 bits per heavy atom. The number of ketones is 1. The van der Waals surface area contributed by atoms with Crippen molar-refractivity contribution in [1.29, 1.82) is 0 Å². The first-order valence-corrected chi connectivity index (χ1v) is 17.1. The number of nitrogens with zero attached hydrogens (tertiary/aromatic N) is 3. The molecule has 0 radical (unpaired) electrons. The van der Waals surface area contributed by atoms with E-state index in [0.717, 1.165) is 0 Å². The maximum absolute atomic E-state index is 12.6. The Morgan fingerprint density at radius 1 is 0.596 bits per heavy atom.